The van der Waals surface area contributed by atoms with Crippen LogP contribution in [0, 0.1) is 0 Å². The third-order valence-corrected chi connectivity index (χ3v) is 2.73. The molecule has 18 heavy (non-hydrogen) atoms. The van der Waals surface area contributed by atoms with Crippen LogP contribution in [0.25, 0.3) is 11.3 Å². The average molecular weight is 249 g/mol. The first kappa shape index (κ1) is 10.8. The maximum absolute atomic E-state index is 5.37. The molecule has 1 aromatic heterocycles. The predicted molar refractivity (Wildman–Crippen MR) is 61.7 cm³/mol. The van der Waals surface area contributed by atoms with Crippen LogP contribution in [0.2, 0.25) is 0 Å². The van der Waals surface area contributed by atoms with Gasteiger partial charge in [-0.2, -0.15) is 0 Å². The lowest BCUT2D eigenvalue weighted by Crippen LogP contribution is -1.97. The van der Waals surface area contributed by atoms with Gasteiger partial charge in [0.15, 0.2) is 17.2 Å². The number of hydrogen-bond acceptors (Lipinski definition) is 6. The molecule has 0 amide bonds. The van der Waals surface area contributed by atoms with Gasteiger partial charge in [0, 0.05) is 0 Å². The third-order valence-electron chi connectivity index (χ3n) is 2.73. The minimum Gasteiger partial charge on any atom is -0.493 e. The van der Waals surface area contributed by atoms with Crippen molar-refractivity contribution < 1.29 is 23.5 Å². The van der Waals surface area contributed by atoms with Gasteiger partial charge in [0.05, 0.1) is 26.9 Å². The van der Waals surface area contributed by atoms with E-state index in [1.165, 1.54) is 0 Å². The highest BCUT2D eigenvalue weighted by Crippen LogP contribution is 2.55. The van der Waals surface area contributed by atoms with Gasteiger partial charge in [0.1, 0.15) is 0 Å². The Bertz CT molecular complexity index is 605. The average Bonchev–Trinajstić information content (AvgIpc) is 3.08. The van der Waals surface area contributed by atoms with Crippen LogP contribution in [0.5, 0.6) is 28.9 Å². The number of benzene rings is 1. The number of fused-ring (bicyclic) bond motifs is 1. The highest BCUT2D eigenvalue weighted by atomic mass is 16.7. The molecule has 0 fully saturated rings. The summed E-state index contributed by atoms with van der Waals surface area (Å²) in [7, 11) is 4.67. The first-order chi connectivity index (χ1) is 8.80. The van der Waals surface area contributed by atoms with E-state index in [2.05, 4.69) is 5.16 Å². The number of hydrogen-bond donors (Lipinski definition) is 0. The van der Waals surface area contributed by atoms with Gasteiger partial charge in [0.2, 0.25) is 11.5 Å². The van der Waals surface area contributed by atoms with E-state index in [0.717, 1.165) is 5.56 Å². The van der Waals surface area contributed by atoms with Gasteiger partial charge in [-0.05, 0) is 12.1 Å². The molecule has 2 heterocycles. The quantitative estimate of drug-likeness (QED) is 0.662. The molecule has 0 N–H and O–H groups in total. The van der Waals surface area contributed by atoms with Crippen molar-refractivity contribution in [2.75, 3.05) is 21.3 Å². The van der Waals surface area contributed by atoms with Crippen LogP contribution in [-0.4, -0.2) is 26.5 Å². The van der Waals surface area contributed by atoms with Crippen molar-refractivity contribution >= 4 is 0 Å². The summed E-state index contributed by atoms with van der Waals surface area (Å²) < 4.78 is 25.9. The third kappa shape index (κ3) is 1.38. The highest BCUT2D eigenvalue weighted by Gasteiger charge is 2.36. The van der Waals surface area contributed by atoms with Crippen molar-refractivity contribution in [3.05, 3.63) is 12.1 Å². The molecule has 0 saturated heterocycles. The Balaban J connectivity index is 2.18. The summed E-state index contributed by atoms with van der Waals surface area (Å²) in [5, 5.41) is 3.92. The predicted octanol–water partition coefficient (Wildman–Crippen LogP) is 2.47. The van der Waals surface area contributed by atoms with E-state index in [1.807, 2.05) is 6.07 Å². The summed E-state index contributed by atoms with van der Waals surface area (Å²) in [5.74, 6) is 2.71. The smallest absolute Gasteiger partial charge is 0.361 e. The van der Waals surface area contributed by atoms with Gasteiger partial charge in [-0.3, -0.25) is 0 Å². The maximum Gasteiger partial charge on any atom is 0.361 e. The molecule has 0 atom stereocenters. The van der Waals surface area contributed by atoms with Crippen molar-refractivity contribution in [1.82, 2.24) is 5.16 Å². The fourth-order valence-electron chi connectivity index (χ4n) is 1.86. The fourth-order valence-corrected chi connectivity index (χ4v) is 1.86. The zero-order valence-corrected chi connectivity index (χ0v) is 10.1. The van der Waals surface area contributed by atoms with Gasteiger partial charge in [0.25, 0.3) is 0 Å². The standard InChI is InChI=1S/C12H11NO5/c1-14-7-5-4-6(9(15-2)10(7)16-3)8-11-12(17-11)18-13-8/h4-5H,1-3H3. The van der Waals surface area contributed by atoms with Crippen LogP contribution in [0.15, 0.2) is 16.7 Å². The Labute approximate surface area is 103 Å². The summed E-state index contributed by atoms with van der Waals surface area (Å²) in [6, 6.07) is 3.60. The van der Waals surface area contributed by atoms with Gasteiger partial charge in [-0.1, -0.05) is 5.16 Å². The number of nitrogens with zero attached hydrogens (tertiary/aromatic N) is 1. The van der Waals surface area contributed by atoms with Crippen LogP contribution in [0.3, 0.4) is 0 Å². The molecule has 3 rings (SSSR count). The molecule has 0 saturated carbocycles. The molecule has 6 heteroatoms. The van der Waals surface area contributed by atoms with Crippen LogP contribution in [0.4, 0.5) is 0 Å². The van der Waals surface area contributed by atoms with E-state index < -0.39 is 0 Å². The van der Waals surface area contributed by atoms with Gasteiger partial charge < -0.3 is 23.5 Å². The molecule has 0 unspecified atom stereocenters. The lowest BCUT2D eigenvalue weighted by molar-refractivity contribution is 0.324. The second-order valence-electron chi connectivity index (χ2n) is 3.63. The molecule has 94 valence electrons. The number of aromatic nitrogens is 1. The number of methoxy groups -OCH3 is 3. The molecule has 1 aromatic carbocycles. The Morgan fingerprint density at radius 1 is 1.00 bits per heavy atom. The van der Waals surface area contributed by atoms with Crippen LogP contribution >= 0.6 is 0 Å². The Hall–Kier alpha value is -2.37. The van der Waals surface area contributed by atoms with E-state index in [-0.39, 0.29) is 0 Å². The largest absolute Gasteiger partial charge is 0.493 e. The van der Waals surface area contributed by atoms with Crippen molar-refractivity contribution in [3.63, 3.8) is 0 Å². The van der Waals surface area contributed by atoms with E-state index in [4.69, 9.17) is 23.5 Å². The van der Waals surface area contributed by atoms with Crippen molar-refractivity contribution in [2.45, 2.75) is 0 Å². The SMILES string of the molecule is COc1ccc(-c2noc3c2O3)c(OC)c1OC. The van der Waals surface area contributed by atoms with E-state index in [1.54, 1.807) is 27.4 Å². The number of rotatable bonds is 4. The molecule has 0 aliphatic carbocycles. The summed E-state index contributed by atoms with van der Waals surface area (Å²) in [4.78, 5) is 0. The van der Waals surface area contributed by atoms with Gasteiger partial charge in [-0.15, -0.1) is 0 Å². The zero-order chi connectivity index (χ0) is 12.7. The van der Waals surface area contributed by atoms with Crippen LogP contribution < -0.4 is 18.9 Å². The molecule has 0 radical (unpaired) electrons. The van der Waals surface area contributed by atoms with Crippen molar-refractivity contribution in [3.8, 4) is 40.2 Å². The molecular formula is C12H11NO5. The normalized spacial score (nSPS) is 11.5. The fraction of sp³-hybridized carbons (Fsp3) is 0.250. The zero-order valence-electron chi connectivity index (χ0n) is 10.1. The first-order valence-corrected chi connectivity index (χ1v) is 5.27. The van der Waals surface area contributed by atoms with Gasteiger partial charge >= 0.3 is 5.95 Å². The summed E-state index contributed by atoms with van der Waals surface area (Å²) in [5.41, 5.74) is 1.33. The van der Waals surface area contributed by atoms with Crippen LogP contribution in [0.1, 0.15) is 0 Å². The highest BCUT2D eigenvalue weighted by molar-refractivity contribution is 5.81. The van der Waals surface area contributed by atoms with E-state index in [9.17, 15) is 0 Å². The topological polar surface area (TPSA) is 66.3 Å². The van der Waals surface area contributed by atoms with Crippen molar-refractivity contribution in [1.29, 1.82) is 0 Å². The molecular weight excluding hydrogens is 238 g/mol. The van der Waals surface area contributed by atoms with E-state index >= 15 is 0 Å². The molecule has 0 spiro atoms. The molecule has 1 aliphatic heterocycles. The lowest BCUT2D eigenvalue weighted by atomic mass is 10.1. The molecule has 6 nitrogen and oxygen atoms in total. The first-order valence-electron chi connectivity index (χ1n) is 5.27. The monoisotopic (exact) mass is 249 g/mol. The van der Waals surface area contributed by atoms with E-state index in [0.29, 0.717) is 34.6 Å². The Morgan fingerprint density at radius 3 is 2.28 bits per heavy atom. The van der Waals surface area contributed by atoms with Crippen LogP contribution in [-0.2, 0) is 0 Å². The number of ether oxygens (including phenoxy) is 4. The summed E-state index contributed by atoms with van der Waals surface area (Å²) >= 11 is 0. The van der Waals surface area contributed by atoms with Gasteiger partial charge in [-0.25, -0.2) is 0 Å². The lowest BCUT2D eigenvalue weighted by Gasteiger charge is -2.14. The second kappa shape index (κ2) is 3.83. The molecule has 0 bridgehead atoms. The summed E-state index contributed by atoms with van der Waals surface area (Å²) in [6.45, 7) is 0. The van der Waals surface area contributed by atoms with Crippen molar-refractivity contribution in [2.24, 2.45) is 0 Å². The molecule has 1 aliphatic rings. The minimum absolute atomic E-state index is 0.446. The second-order valence-corrected chi connectivity index (χ2v) is 3.63. The molecule has 2 aromatic rings. The Kier molecular flexibility index (Phi) is 2.29. The summed E-state index contributed by atoms with van der Waals surface area (Å²) in [6.07, 6.45) is 0. The Morgan fingerprint density at radius 2 is 1.78 bits per heavy atom. The minimum atomic E-state index is 0.446. The maximum atomic E-state index is 5.37.